The highest BCUT2D eigenvalue weighted by Crippen LogP contribution is 2.10. The molecule has 1 rings (SSSR count). The van der Waals surface area contributed by atoms with Crippen molar-refractivity contribution in [2.75, 3.05) is 6.54 Å². The Morgan fingerprint density at radius 3 is 2.73 bits per heavy atom. The third-order valence-corrected chi connectivity index (χ3v) is 1.75. The van der Waals surface area contributed by atoms with Crippen molar-refractivity contribution in [1.29, 1.82) is 0 Å². The van der Waals surface area contributed by atoms with E-state index in [1.165, 1.54) is 12.1 Å². The number of rotatable bonds is 3. The van der Waals surface area contributed by atoms with Crippen LogP contribution in [0.4, 0.5) is 8.78 Å². The lowest BCUT2D eigenvalue weighted by Crippen LogP contribution is -2.26. The minimum Gasteiger partial charge on any atom is -0.348 e. The molecule has 0 aliphatic heterocycles. The molecule has 4 heteroatoms. The zero-order valence-electron chi connectivity index (χ0n) is 8.31. The summed E-state index contributed by atoms with van der Waals surface area (Å²) in [5.74, 6) is -2.80. The van der Waals surface area contributed by atoms with Gasteiger partial charge >= 0.3 is 0 Å². The number of carbonyl (C=O) groups excluding carboxylic acids is 1. The molecule has 0 saturated heterocycles. The number of hydrogen-bond donors (Lipinski definition) is 1. The largest absolute Gasteiger partial charge is 0.348 e. The van der Waals surface area contributed by atoms with Crippen molar-refractivity contribution >= 4 is 5.91 Å². The molecule has 0 saturated carbocycles. The second-order valence-corrected chi connectivity index (χ2v) is 3.24. The van der Waals surface area contributed by atoms with Crippen LogP contribution in [0, 0.1) is 11.6 Å². The van der Waals surface area contributed by atoms with Gasteiger partial charge in [0.1, 0.15) is 0 Å². The highest BCUT2D eigenvalue weighted by atomic mass is 19.2. The molecular weight excluding hydrogens is 200 g/mol. The van der Waals surface area contributed by atoms with Gasteiger partial charge in [-0.3, -0.25) is 4.79 Å². The van der Waals surface area contributed by atoms with Crippen LogP contribution in [-0.2, 0) is 0 Å². The Balaban J connectivity index is 2.82. The van der Waals surface area contributed by atoms with E-state index in [1.807, 2.05) is 0 Å². The molecule has 15 heavy (non-hydrogen) atoms. The Morgan fingerprint density at radius 1 is 1.47 bits per heavy atom. The van der Waals surface area contributed by atoms with E-state index in [2.05, 4.69) is 11.9 Å². The van der Waals surface area contributed by atoms with E-state index in [4.69, 9.17) is 0 Å². The predicted molar refractivity (Wildman–Crippen MR) is 53.5 cm³/mol. The van der Waals surface area contributed by atoms with Crippen molar-refractivity contribution in [3.63, 3.8) is 0 Å². The maximum atomic E-state index is 13.1. The van der Waals surface area contributed by atoms with Gasteiger partial charge in [-0.1, -0.05) is 18.2 Å². The first kappa shape index (κ1) is 11.4. The van der Waals surface area contributed by atoms with Crippen molar-refractivity contribution in [2.45, 2.75) is 6.92 Å². The van der Waals surface area contributed by atoms with Gasteiger partial charge in [-0.25, -0.2) is 8.78 Å². The second-order valence-electron chi connectivity index (χ2n) is 3.24. The summed E-state index contributed by atoms with van der Waals surface area (Å²) in [5, 5.41) is 2.42. The average Bonchev–Trinajstić information content (AvgIpc) is 2.18. The van der Waals surface area contributed by atoms with E-state index in [0.29, 0.717) is 0 Å². The molecular formula is C11H11F2NO. The quantitative estimate of drug-likeness (QED) is 0.763. The molecule has 1 N–H and O–H groups in total. The molecule has 0 aliphatic rings. The maximum Gasteiger partial charge on any atom is 0.254 e. The topological polar surface area (TPSA) is 29.1 Å². The summed E-state index contributed by atoms with van der Waals surface area (Å²) < 4.78 is 25.9. The lowest BCUT2D eigenvalue weighted by atomic mass is 10.2. The van der Waals surface area contributed by atoms with Crippen molar-refractivity contribution in [3.05, 3.63) is 47.5 Å². The third kappa shape index (κ3) is 2.87. The van der Waals surface area contributed by atoms with Crippen LogP contribution < -0.4 is 5.32 Å². The van der Waals surface area contributed by atoms with E-state index >= 15 is 0 Å². The Kier molecular flexibility index (Phi) is 3.55. The van der Waals surface area contributed by atoms with Crippen LogP contribution in [0.3, 0.4) is 0 Å². The fourth-order valence-electron chi connectivity index (χ4n) is 1.01. The van der Waals surface area contributed by atoms with Crippen LogP contribution >= 0.6 is 0 Å². The van der Waals surface area contributed by atoms with Gasteiger partial charge in [0.25, 0.3) is 5.91 Å². The minimum absolute atomic E-state index is 0.245. The summed E-state index contributed by atoms with van der Waals surface area (Å²) in [4.78, 5) is 11.4. The van der Waals surface area contributed by atoms with Crippen molar-refractivity contribution < 1.29 is 13.6 Å². The molecule has 0 aromatic heterocycles. The number of carbonyl (C=O) groups is 1. The molecule has 80 valence electrons. The molecule has 0 unspecified atom stereocenters. The van der Waals surface area contributed by atoms with E-state index in [0.717, 1.165) is 11.6 Å². The van der Waals surface area contributed by atoms with Crippen LogP contribution in [0.25, 0.3) is 0 Å². The standard InChI is InChI=1S/C11H11F2NO/c1-7(2)6-14-11(15)8-4-3-5-9(12)10(8)13/h3-5H,1,6H2,2H3,(H,14,15). The van der Waals surface area contributed by atoms with Gasteiger partial charge in [-0.2, -0.15) is 0 Å². The van der Waals surface area contributed by atoms with E-state index in [9.17, 15) is 13.6 Å². The highest BCUT2D eigenvalue weighted by molar-refractivity contribution is 5.94. The summed E-state index contributed by atoms with van der Waals surface area (Å²) in [6.07, 6.45) is 0. The molecule has 2 nitrogen and oxygen atoms in total. The lowest BCUT2D eigenvalue weighted by molar-refractivity contribution is 0.0952. The molecule has 0 heterocycles. The van der Waals surface area contributed by atoms with E-state index in [-0.39, 0.29) is 12.1 Å². The first-order chi connectivity index (χ1) is 7.02. The SMILES string of the molecule is C=C(C)CNC(=O)c1cccc(F)c1F. The normalized spacial score (nSPS) is 9.80. The summed E-state index contributed by atoms with van der Waals surface area (Å²) in [6.45, 7) is 5.55. The van der Waals surface area contributed by atoms with Crippen LogP contribution in [0.5, 0.6) is 0 Å². The van der Waals surface area contributed by atoms with Crippen LogP contribution in [0.1, 0.15) is 17.3 Å². The van der Waals surface area contributed by atoms with Gasteiger partial charge in [0.15, 0.2) is 11.6 Å². The van der Waals surface area contributed by atoms with Crippen LogP contribution in [-0.4, -0.2) is 12.5 Å². The molecule has 1 amide bonds. The fourth-order valence-corrected chi connectivity index (χ4v) is 1.01. The molecule has 1 aromatic rings. The van der Waals surface area contributed by atoms with E-state index in [1.54, 1.807) is 6.92 Å². The first-order valence-corrected chi connectivity index (χ1v) is 4.39. The zero-order valence-corrected chi connectivity index (χ0v) is 8.31. The summed E-state index contributed by atoms with van der Waals surface area (Å²) >= 11 is 0. The van der Waals surface area contributed by atoms with Gasteiger partial charge < -0.3 is 5.32 Å². The monoisotopic (exact) mass is 211 g/mol. The second kappa shape index (κ2) is 4.68. The Morgan fingerprint density at radius 2 is 2.13 bits per heavy atom. The van der Waals surface area contributed by atoms with Crippen LogP contribution in [0.15, 0.2) is 30.4 Å². The molecule has 1 aromatic carbocycles. The average molecular weight is 211 g/mol. The smallest absolute Gasteiger partial charge is 0.254 e. The number of nitrogens with one attached hydrogen (secondary N) is 1. The molecule has 0 bridgehead atoms. The van der Waals surface area contributed by atoms with Gasteiger partial charge in [0.05, 0.1) is 5.56 Å². The Bertz CT molecular complexity index is 402. The maximum absolute atomic E-state index is 13.1. The van der Waals surface area contributed by atoms with Crippen molar-refractivity contribution in [1.82, 2.24) is 5.32 Å². The fraction of sp³-hybridized carbons (Fsp3) is 0.182. The van der Waals surface area contributed by atoms with Gasteiger partial charge in [-0.15, -0.1) is 0 Å². The number of amides is 1. The van der Waals surface area contributed by atoms with E-state index < -0.39 is 17.5 Å². The predicted octanol–water partition coefficient (Wildman–Crippen LogP) is 2.27. The lowest BCUT2D eigenvalue weighted by Gasteiger charge is -2.05. The molecule has 0 radical (unpaired) electrons. The Labute approximate surface area is 86.6 Å². The summed E-state index contributed by atoms with van der Waals surface area (Å²) in [7, 11) is 0. The summed E-state index contributed by atoms with van der Waals surface area (Å²) in [5.41, 5.74) is 0.441. The minimum atomic E-state index is -1.13. The van der Waals surface area contributed by atoms with Crippen molar-refractivity contribution in [2.24, 2.45) is 0 Å². The Hall–Kier alpha value is -1.71. The third-order valence-electron chi connectivity index (χ3n) is 1.75. The van der Waals surface area contributed by atoms with Gasteiger partial charge in [-0.05, 0) is 19.1 Å². The zero-order chi connectivity index (χ0) is 11.4. The highest BCUT2D eigenvalue weighted by Gasteiger charge is 2.14. The van der Waals surface area contributed by atoms with Gasteiger partial charge in [0, 0.05) is 6.54 Å². The number of hydrogen-bond acceptors (Lipinski definition) is 1. The van der Waals surface area contributed by atoms with Crippen LogP contribution in [0.2, 0.25) is 0 Å². The molecule has 0 fully saturated rings. The van der Waals surface area contributed by atoms with Crippen molar-refractivity contribution in [3.8, 4) is 0 Å². The summed E-state index contributed by atoms with van der Waals surface area (Å²) in [6, 6.07) is 3.48. The molecule has 0 aliphatic carbocycles. The number of benzene rings is 1. The first-order valence-electron chi connectivity index (χ1n) is 4.39. The molecule has 0 atom stereocenters. The van der Waals surface area contributed by atoms with Gasteiger partial charge in [0.2, 0.25) is 0 Å². The molecule has 0 spiro atoms. The number of halogens is 2.